The van der Waals surface area contributed by atoms with Crippen LogP contribution < -0.4 is 4.74 Å². The molecular weight excluding hydrogens is 481 g/mol. The Bertz CT molecular complexity index is 1090. The molecular formula is C24H23Cl2N3O5. The molecule has 0 amide bonds. The Hall–Kier alpha value is -3.33. The number of alkyl halides is 1. The van der Waals surface area contributed by atoms with Gasteiger partial charge in [-0.2, -0.15) is 0 Å². The number of halogens is 2. The molecule has 1 aliphatic rings. The summed E-state index contributed by atoms with van der Waals surface area (Å²) in [6.07, 6.45) is 11.1. The highest BCUT2D eigenvalue weighted by Gasteiger charge is 2.40. The standard InChI is InChI=1S/C24H22Cl2N2O2.HNO3/c25-21-12-11-20(13-15-28-16-14-27-18-28)24(26,17-21)30-23(19-7-3-1-4-8-19)29-22-9-5-2-6-10-22;2-1(3)4/h1-12,14,16-18,20,23H,13,15H2;(H,2,3,4). The Kier molecular flexibility index (Phi) is 9.09. The molecule has 3 aromatic rings. The molecule has 1 aromatic heterocycles. The number of hydrogen-bond donors (Lipinski definition) is 1. The minimum Gasteiger partial charge on any atom is -0.461 e. The second-order valence-corrected chi connectivity index (χ2v) is 8.34. The molecule has 1 aliphatic carbocycles. The zero-order valence-electron chi connectivity index (χ0n) is 18.0. The molecule has 1 heterocycles. The van der Waals surface area contributed by atoms with E-state index in [0.29, 0.717) is 10.8 Å². The molecule has 0 fully saturated rings. The Labute approximate surface area is 206 Å². The van der Waals surface area contributed by atoms with Crippen molar-refractivity contribution in [1.82, 2.24) is 9.55 Å². The summed E-state index contributed by atoms with van der Waals surface area (Å²) < 4.78 is 14.6. The summed E-state index contributed by atoms with van der Waals surface area (Å²) in [4.78, 5) is 12.5. The molecule has 34 heavy (non-hydrogen) atoms. The van der Waals surface area contributed by atoms with Crippen LogP contribution in [0.2, 0.25) is 0 Å². The molecule has 1 N–H and O–H groups in total. The maximum Gasteiger partial charge on any atom is 0.291 e. The van der Waals surface area contributed by atoms with E-state index in [1.54, 1.807) is 18.6 Å². The lowest BCUT2D eigenvalue weighted by Crippen LogP contribution is -2.37. The van der Waals surface area contributed by atoms with Gasteiger partial charge >= 0.3 is 0 Å². The summed E-state index contributed by atoms with van der Waals surface area (Å²) in [5.41, 5.74) is 0.869. The van der Waals surface area contributed by atoms with E-state index in [1.807, 2.05) is 83.6 Å². The van der Waals surface area contributed by atoms with Crippen molar-refractivity contribution in [3.63, 3.8) is 0 Å². The van der Waals surface area contributed by atoms with Crippen LogP contribution in [0.15, 0.2) is 103 Å². The molecule has 0 spiro atoms. The largest absolute Gasteiger partial charge is 0.461 e. The van der Waals surface area contributed by atoms with Gasteiger partial charge in [-0.15, -0.1) is 10.1 Å². The first kappa shape index (κ1) is 25.3. The normalized spacial score (nSPS) is 19.9. The number of hydrogen-bond acceptors (Lipinski definition) is 5. The Morgan fingerprint density at radius 3 is 2.44 bits per heavy atom. The Morgan fingerprint density at radius 1 is 1.18 bits per heavy atom. The van der Waals surface area contributed by atoms with Crippen LogP contribution >= 0.6 is 23.2 Å². The Morgan fingerprint density at radius 2 is 1.82 bits per heavy atom. The van der Waals surface area contributed by atoms with Crippen LogP contribution in [0.3, 0.4) is 0 Å². The quantitative estimate of drug-likeness (QED) is 0.176. The molecule has 0 saturated heterocycles. The van der Waals surface area contributed by atoms with E-state index in [0.717, 1.165) is 18.5 Å². The third kappa shape index (κ3) is 7.62. The summed E-state index contributed by atoms with van der Waals surface area (Å²) in [7, 11) is 0. The minimum atomic E-state index is -1.50. The van der Waals surface area contributed by atoms with E-state index in [-0.39, 0.29) is 5.92 Å². The van der Waals surface area contributed by atoms with Crippen LogP contribution in [-0.4, -0.2) is 24.9 Å². The van der Waals surface area contributed by atoms with Gasteiger partial charge < -0.3 is 19.2 Å². The summed E-state index contributed by atoms with van der Waals surface area (Å²) in [6.45, 7) is 0.758. The van der Waals surface area contributed by atoms with Crippen molar-refractivity contribution in [2.75, 3.05) is 0 Å². The number of ether oxygens (including phenoxy) is 2. The molecule has 0 saturated carbocycles. The highest BCUT2D eigenvalue weighted by Crippen LogP contribution is 2.42. The van der Waals surface area contributed by atoms with Gasteiger partial charge in [-0.25, -0.2) is 4.98 Å². The first-order valence-corrected chi connectivity index (χ1v) is 11.1. The molecule has 0 bridgehead atoms. The fourth-order valence-electron chi connectivity index (χ4n) is 3.36. The van der Waals surface area contributed by atoms with Crippen LogP contribution in [0.1, 0.15) is 18.3 Å². The van der Waals surface area contributed by atoms with Crippen molar-refractivity contribution < 1.29 is 19.8 Å². The number of benzene rings is 2. The van der Waals surface area contributed by atoms with Crippen molar-refractivity contribution in [3.8, 4) is 5.75 Å². The van der Waals surface area contributed by atoms with Crippen molar-refractivity contribution in [3.05, 3.63) is 118 Å². The number of para-hydroxylation sites is 1. The maximum atomic E-state index is 8.36. The highest BCUT2D eigenvalue weighted by atomic mass is 35.5. The third-order valence-corrected chi connectivity index (χ3v) is 5.64. The van der Waals surface area contributed by atoms with Crippen LogP contribution in [0.25, 0.3) is 0 Å². The van der Waals surface area contributed by atoms with Crippen molar-refractivity contribution >= 4 is 23.2 Å². The van der Waals surface area contributed by atoms with Gasteiger partial charge in [0.25, 0.3) is 5.09 Å². The lowest BCUT2D eigenvalue weighted by atomic mass is 9.93. The van der Waals surface area contributed by atoms with Gasteiger partial charge in [-0.3, -0.25) is 0 Å². The number of allylic oxidation sites excluding steroid dienone is 2. The lowest BCUT2D eigenvalue weighted by molar-refractivity contribution is -0.742. The number of nitrogens with zero attached hydrogens (tertiary/aromatic N) is 3. The number of aromatic nitrogens is 2. The zero-order chi connectivity index (χ0) is 24.4. The van der Waals surface area contributed by atoms with E-state index >= 15 is 0 Å². The molecule has 10 heteroatoms. The van der Waals surface area contributed by atoms with Gasteiger partial charge in [0.2, 0.25) is 6.29 Å². The van der Waals surface area contributed by atoms with E-state index in [9.17, 15) is 0 Å². The first-order chi connectivity index (χ1) is 16.4. The van der Waals surface area contributed by atoms with Gasteiger partial charge in [0.05, 0.1) is 6.33 Å². The summed E-state index contributed by atoms with van der Waals surface area (Å²) in [5, 5.41) is 13.0. The van der Waals surface area contributed by atoms with E-state index in [2.05, 4.69) is 4.98 Å². The minimum absolute atomic E-state index is 0.102. The molecule has 3 atom stereocenters. The number of rotatable bonds is 8. The third-order valence-electron chi connectivity index (χ3n) is 4.93. The molecule has 0 aliphatic heterocycles. The Balaban J connectivity index is 0.000000751. The van der Waals surface area contributed by atoms with E-state index in [4.69, 9.17) is 48.0 Å². The predicted octanol–water partition coefficient (Wildman–Crippen LogP) is 5.96. The summed E-state index contributed by atoms with van der Waals surface area (Å²) >= 11 is 13.4. The number of imidazole rings is 1. The molecule has 0 radical (unpaired) electrons. The van der Waals surface area contributed by atoms with Crippen molar-refractivity contribution in [1.29, 1.82) is 0 Å². The average Bonchev–Trinajstić information content (AvgIpc) is 3.33. The van der Waals surface area contributed by atoms with Gasteiger partial charge in [0, 0.05) is 35.5 Å². The van der Waals surface area contributed by atoms with E-state index in [1.165, 1.54) is 0 Å². The van der Waals surface area contributed by atoms with Gasteiger partial charge in [-0.05, 0) is 30.7 Å². The van der Waals surface area contributed by atoms with Crippen molar-refractivity contribution in [2.45, 2.75) is 24.3 Å². The smallest absolute Gasteiger partial charge is 0.291 e. The average molecular weight is 504 g/mol. The van der Waals surface area contributed by atoms with Crippen LogP contribution in [0.5, 0.6) is 5.75 Å². The summed E-state index contributed by atoms with van der Waals surface area (Å²) in [5.74, 6) is 0.595. The topological polar surface area (TPSA) is 99.7 Å². The second kappa shape index (κ2) is 12.2. The molecule has 3 unspecified atom stereocenters. The van der Waals surface area contributed by atoms with E-state index < -0.39 is 16.4 Å². The van der Waals surface area contributed by atoms with Crippen LogP contribution in [-0.2, 0) is 11.3 Å². The molecule has 8 nitrogen and oxygen atoms in total. The molecule has 2 aromatic carbocycles. The SMILES string of the molecule is ClC1=CC(Cl)(OC(Oc2ccccc2)c2ccccc2)C(CCn2ccnc2)C=C1.O=[N+]([O-])O. The first-order valence-electron chi connectivity index (χ1n) is 10.3. The van der Waals surface area contributed by atoms with Crippen molar-refractivity contribution in [2.24, 2.45) is 5.92 Å². The summed E-state index contributed by atoms with van der Waals surface area (Å²) in [6, 6.07) is 19.3. The maximum absolute atomic E-state index is 8.36. The monoisotopic (exact) mass is 503 g/mol. The predicted molar refractivity (Wildman–Crippen MR) is 128 cm³/mol. The van der Waals surface area contributed by atoms with Gasteiger partial charge in [0.15, 0.2) is 5.06 Å². The second-order valence-electron chi connectivity index (χ2n) is 7.31. The fourth-order valence-corrected chi connectivity index (χ4v) is 4.03. The molecule has 178 valence electrons. The molecule has 4 rings (SSSR count). The lowest BCUT2D eigenvalue weighted by Gasteiger charge is -2.36. The van der Waals surface area contributed by atoms with Gasteiger partial charge in [0.1, 0.15) is 5.75 Å². The van der Waals surface area contributed by atoms with Gasteiger partial charge in [-0.1, -0.05) is 77.8 Å². The number of aryl methyl sites for hydroxylation is 1. The fraction of sp³-hybridized carbons (Fsp3) is 0.208. The zero-order valence-corrected chi connectivity index (χ0v) is 19.5. The van der Waals surface area contributed by atoms with Crippen LogP contribution in [0, 0.1) is 16.0 Å². The van der Waals surface area contributed by atoms with Crippen LogP contribution in [0.4, 0.5) is 0 Å². The highest BCUT2D eigenvalue weighted by molar-refractivity contribution is 6.33.